The quantitative estimate of drug-likeness (QED) is 0.399. The Morgan fingerprint density at radius 2 is 1.82 bits per heavy atom. The van der Waals surface area contributed by atoms with E-state index >= 15 is 0 Å². The predicted octanol–water partition coefficient (Wildman–Crippen LogP) is 7.21. The van der Waals surface area contributed by atoms with Crippen molar-refractivity contribution in [2.45, 2.75) is 65.0 Å². The Morgan fingerprint density at radius 3 is 2.42 bits per heavy atom. The Morgan fingerprint density at radius 1 is 1.12 bits per heavy atom. The van der Waals surface area contributed by atoms with E-state index in [9.17, 15) is 9.90 Å². The lowest BCUT2D eigenvalue weighted by Gasteiger charge is -2.30. The van der Waals surface area contributed by atoms with Gasteiger partial charge in [0.05, 0.1) is 27.2 Å². The highest BCUT2D eigenvalue weighted by Gasteiger charge is 2.27. The summed E-state index contributed by atoms with van der Waals surface area (Å²) in [5.41, 5.74) is 1.20. The van der Waals surface area contributed by atoms with Gasteiger partial charge in [0.25, 0.3) is 5.91 Å². The highest BCUT2D eigenvalue weighted by atomic mass is 35.5. The zero-order valence-corrected chi connectivity index (χ0v) is 21.0. The van der Waals surface area contributed by atoms with Crippen molar-refractivity contribution in [2.24, 2.45) is 11.8 Å². The van der Waals surface area contributed by atoms with Crippen molar-refractivity contribution in [3.05, 3.63) is 57.7 Å². The van der Waals surface area contributed by atoms with Crippen LogP contribution >= 0.6 is 23.2 Å². The first-order chi connectivity index (χ1) is 15.5. The third-order valence-electron chi connectivity index (χ3n) is 6.81. The van der Waals surface area contributed by atoms with Gasteiger partial charge in [0, 0.05) is 28.4 Å². The summed E-state index contributed by atoms with van der Waals surface area (Å²) in [5.74, 6) is 1.19. The van der Waals surface area contributed by atoms with Crippen LogP contribution in [0.25, 0.3) is 10.9 Å². The van der Waals surface area contributed by atoms with E-state index in [4.69, 9.17) is 28.3 Å². The van der Waals surface area contributed by atoms with Crippen molar-refractivity contribution in [2.75, 3.05) is 5.32 Å². The Kier molecular flexibility index (Phi) is 6.77. The van der Waals surface area contributed by atoms with Crippen LogP contribution in [0, 0.1) is 11.8 Å². The van der Waals surface area contributed by atoms with Crippen molar-refractivity contribution in [1.82, 2.24) is 9.78 Å². The molecule has 3 aromatic rings. The molecule has 1 aliphatic rings. The van der Waals surface area contributed by atoms with Gasteiger partial charge in [-0.1, -0.05) is 37.0 Å². The highest BCUT2D eigenvalue weighted by Crippen LogP contribution is 2.37. The lowest BCUT2D eigenvalue weighted by Crippen LogP contribution is -2.21. The molecule has 0 unspecified atom stereocenters. The summed E-state index contributed by atoms with van der Waals surface area (Å²) in [6.45, 7) is 8.01. The summed E-state index contributed by atoms with van der Waals surface area (Å²) >= 11 is 12.1. The number of hydrogen-bond donors (Lipinski definition) is 2. The van der Waals surface area contributed by atoms with E-state index in [1.807, 2.05) is 12.1 Å². The molecule has 4 rings (SSSR count). The maximum Gasteiger partial charge on any atom is 0.255 e. The Labute approximate surface area is 205 Å². The monoisotopic (exact) mass is 487 g/mol. The predicted molar refractivity (Wildman–Crippen MR) is 135 cm³/mol. The molecule has 0 atom stereocenters. The van der Waals surface area contributed by atoms with E-state index in [0.717, 1.165) is 35.6 Å². The van der Waals surface area contributed by atoms with Crippen LogP contribution in [0.5, 0.6) is 0 Å². The molecule has 1 fully saturated rings. The molecule has 1 saturated carbocycles. The number of carbonyl (C=O) groups excluding carboxylic acids is 1. The Balaban J connectivity index is 1.64. The first-order valence-corrected chi connectivity index (χ1v) is 12.3. The number of benzene rings is 2. The molecule has 0 spiro atoms. The average Bonchev–Trinajstić information content (AvgIpc) is 3.17. The van der Waals surface area contributed by atoms with Crippen LogP contribution in [0.15, 0.2) is 36.5 Å². The van der Waals surface area contributed by atoms with Gasteiger partial charge in [0.15, 0.2) is 0 Å². The molecular weight excluding hydrogens is 457 g/mol. The molecule has 0 saturated heterocycles. The van der Waals surface area contributed by atoms with Gasteiger partial charge in [-0.05, 0) is 81.7 Å². The Hall–Kier alpha value is -2.08. The molecular formula is C26H31Cl2N3O2. The molecule has 2 aromatic carbocycles. The van der Waals surface area contributed by atoms with Gasteiger partial charge in [-0.25, -0.2) is 0 Å². The third kappa shape index (κ3) is 5.21. The molecule has 7 heteroatoms. The lowest BCUT2D eigenvalue weighted by molar-refractivity contribution is 0.0794. The molecule has 5 nitrogen and oxygen atoms in total. The van der Waals surface area contributed by atoms with E-state index in [0.29, 0.717) is 32.9 Å². The minimum absolute atomic E-state index is 0.316. The molecule has 0 radical (unpaired) electrons. The van der Waals surface area contributed by atoms with Crippen LogP contribution in [0.2, 0.25) is 10.0 Å². The SMILES string of the molecule is CC(C)C1CCC(n2cc3cc(NC(=O)c4ccc(Cl)c(Cl)c4)c(C(C)(C)O)cc3n2)CC1. The number of nitrogens with one attached hydrogen (secondary N) is 1. The maximum absolute atomic E-state index is 12.9. The molecule has 0 aliphatic heterocycles. The van der Waals surface area contributed by atoms with E-state index in [-0.39, 0.29) is 5.91 Å². The summed E-state index contributed by atoms with van der Waals surface area (Å²) < 4.78 is 2.07. The highest BCUT2D eigenvalue weighted by molar-refractivity contribution is 6.42. The van der Waals surface area contributed by atoms with Crippen LogP contribution in [0.1, 0.15) is 75.3 Å². The first kappa shape index (κ1) is 24.1. The normalized spacial score (nSPS) is 19.3. The fourth-order valence-corrected chi connectivity index (χ4v) is 5.05. The average molecular weight is 488 g/mol. The number of fused-ring (bicyclic) bond motifs is 1. The molecule has 0 bridgehead atoms. The minimum atomic E-state index is -1.16. The zero-order chi connectivity index (χ0) is 23.9. The van der Waals surface area contributed by atoms with E-state index in [2.05, 4.69) is 30.0 Å². The van der Waals surface area contributed by atoms with Crippen molar-refractivity contribution < 1.29 is 9.90 Å². The summed E-state index contributed by atoms with van der Waals surface area (Å²) in [4.78, 5) is 12.9. The number of amides is 1. The van der Waals surface area contributed by atoms with Gasteiger partial charge in [0.1, 0.15) is 0 Å². The fourth-order valence-electron chi connectivity index (χ4n) is 4.75. The van der Waals surface area contributed by atoms with E-state index < -0.39 is 5.60 Å². The van der Waals surface area contributed by atoms with Gasteiger partial charge >= 0.3 is 0 Å². The van der Waals surface area contributed by atoms with Crippen LogP contribution in [-0.2, 0) is 5.60 Å². The number of carbonyl (C=O) groups is 1. The number of aliphatic hydroxyl groups is 1. The molecule has 1 amide bonds. The van der Waals surface area contributed by atoms with Gasteiger partial charge in [-0.15, -0.1) is 0 Å². The van der Waals surface area contributed by atoms with Crippen molar-refractivity contribution >= 4 is 45.7 Å². The Bertz CT molecular complexity index is 1170. The van der Waals surface area contributed by atoms with Crippen LogP contribution in [-0.4, -0.2) is 20.8 Å². The largest absolute Gasteiger partial charge is 0.386 e. The van der Waals surface area contributed by atoms with Crippen LogP contribution in [0.4, 0.5) is 5.69 Å². The van der Waals surface area contributed by atoms with E-state index in [1.54, 1.807) is 26.0 Å². The molecule has 2 N–H and O–H groups in total. The van der Waals surface area contributed by atoms with Gasteiger partial charge < -0.3 is 10.4 Å². The molecule has 33 heavy (non-hydrogen) atoms. The lowest BCUT2D eigenvalue weighted by atomic mass is 9.80. The van der Waals surface area contributed by atoms with Gasteiger partial charge in [-0.2, -0.15) is 5.10 Å². The fraction of sp³-hybridized carbons (Fsp3) is 0.462. The first-order valence-electron chi connectivity index (χ1n) is 11.5. The topological polar surface area (TPSA) is 67.2 Å². The van der Waals surface area contributed by atoms with Crippen LogP contribution in [0.3, 0.4) is 0 Å². The molecule has 1 heterocycles. The second-order valence-electron chi connectivity index (χ2n) is 10.0. The molecule has 176 valence electrons. The van der Waals surface area contributed by atoms with Gasteiger partial charge in [0.2, 0.25) is 0 Å². The number of hydrogen-bond acceptors (Lipinski definition) is 3. The number of anilines is 1. The summed E-state index contributed by atoms with van der Waals surface area (Å²) in [6, 6.07) is 8.89. The summed E-state index contributed by atoms with van der Waals surface area (Å²) in [7, 11) is 0. The van der Waals surface area contributed by atoms with Crippen molar-refractivity contribution in [3.8, 4) is 0 Å². The van der Waals surface area contributed by atoms with E-state index in [1.165, 1.54) is 18.9 Å². The van der Waals surface area contributed by atoms with Crippen molar-refractivity contribution in [3.63, 3.8) is 0 Å². The summed E-state index contributed by atoms with van der Waals surface area (Å²) in [6.07, 6.45) is 6.74. The minimum Gasteiger partial charge on any atom is -0.386 e. The third-order valence-corrected chi connectivity index (χ3v) is 7.55. The second kappa shape index (κ2) is 9.28. The van der Waals surface area contributed by atoms with Gasteiger partial charge in [-0.3, -0.25) is 9.48 Å². The second-order valence-corrected chi connectivity index (χ2v) is 10.8. The molecule has 1 aliphatic carbocycles. The number of halogens is 2. The van der Waals surface area contributed by atoms with Crippen molar-refractivity contribution in [1.29, 1.82) is 0 Å². The number of rotatable bonds is 5. The maximum atomic E-state index is 12.9. The van der Waals surface area contributed by atoms with Crippen LogP contribution < -0.4 is 5.32 Å². The summed E-state index contributed by atoms with van der Waals surface area (Å²) in [5, 5.41) is 20.2. The zero-order valence-electron chi connectivity index (χ0n) is 19.5. The smallest absolute Gasteiger partial charge is 0.255 e. The number of nitrogens with zero attached hydrogens (tertiary/aromatic N) is 2. The standard InChI is InChI=1S/C26H31Cl2N3O2/c1-15(2)16-5-8-19(9-6-16)31-14-18-12-24(20(26(3,4)33)13-23(18)30-31)29-25(32)17-7-10-21(27)22(28)11-17/h7,10-16,19,33H,5-6,8-9H2,1-4H3,(H,29,32). The number of aromatic nitrogens is 2. The molecule has 1 aromatic heterocycles.